The van der Waals surface area contributed by atoms with Gasteiger partial charge in [-0.3, -0.25) is 0 Å². The molecule has 0 N–H and O–H groups in total. The van der Waals surface area contributed by atoms with Gasteiger partial charge in [-0.05, 0) is 84.9 Å². The third kappa shape index (κ3) is 3.94. The second-order valence-corrected chi connectivity index (χ2v) is 13.9. The van der Waals surface area contributed by atoms with Crippen LogP contribution < -0.4 is 18.9 Å². The zero-order valence-electron chi connectivity index (χ0n) is 29.5. The summed E-state index contributed by atoms with van der Waals surface area (Å²) < 4.78 is 39.3. The van der Waals surface area contributed by atoms with Crippen LogP contribution in [0.3, 0.4) is 0 Å². The molecule has 3 aliphatic rings. The minimum absolute atomic E-state index is 0.727. The number of fused-ring (bicyclic) bond motifs is 14. The zero-order valence-corrected chi connectivity index (χ0v) is 29.5. The van der Waals surface area contributed by atoms with E-state index in [0.29, 0.717) is 0 Å². The van der Waals surface area contributed by atoms with Crippen molar-refractivity contribution < 1.29 is 27.8 Å². The van der Waals surface area contributed by atoms with E-state index < -0.39 is 10.8 Å². The number of benzene rings is 6. The van der Waals surface area contributed by atoms with Crippen molar-refractivity contribution >= 4 is 0 Å². The first kappa shape index (κ1) is 30.7. The molecule has 6 nitrogen and oxygen atoms in total. The maximum atomic E-state index is 7.44. The molecule has 54 heavy (non-hydrogen) atoms. The summed E-state index contributed by atoms with van der Waals surface area (Å²) in [6, 6.07) is 53.5. The smallest absolute Gasteiger partial charge is 0.134 e. The predicted octanol–water partition coefficient (Wildman–Crippen LogP) is 11.5. The lowest BCUT2D eigenvalue weighted by molar-refractivity contribution is 0.353. The van der Waals surface area contributed by atoms with Gasteiger partial charge in [0.25, 0.3) is 0 Å². The van der Waals surface area contributed by atoms with Gasteiger partial charge in [-0.15, -0.1) is 0 Å². The molecule has 6 aromatic carbocycles. The molecule has 0 saturated carbocycles. The highest BCUT2D eigenvalue weighted by molar-refractivity contribution is 5.82. The van der Waals surface area contributed by atoms with Crippen molar-refractivity contribution in [1.82, 2.24) is 0 Å². The number of rotatable bonds is 4. The number of methoxy groups -OCH3 is 2. The fourth-order valence-corrected chi connectivity index (χ4v) is 8.99. The summed E-state index contributed by atoms with van der Waals surface area (Å²) >= 11 is 0. The lowest BCUT2D eigenvalue weighted by Gasteiger charge is -2.48. The van der Waals surface area contributed by atoms with Gasteiger partial charge >= 0.3 is 0 Å². The van der Waals surface area contributed by atoms with E-state index in [1.54, 1.807) is 14.2 Å². The summed E-state index contributed by atoms with van der Waals surface area (Å²) in [4.78, 5) is 0. The Kier molecular flexibility index (Phi) is 6.41. The number of hydrogen-bond donors (Lipinski definition) is 0. The summed E-state index contributed by atoms with van der Waals surface area (Å²) in [5, 5.41) is 0. The molecule has 0 unspecified atom stereocenters. The molecular weight excluding hydrogens is 673 g/mol. The highest BCUT2D eigenvalue weighted by Gasteiger charge is 2.63. The standard InChI is InChI=1S/C48H32O6/c1-49-31-23-19-29(20-24-31)43-27-37-45(53-43)48(35-13-5-9-17-41(35)52-42-18-10-6-14-36(42)48)38-28-44(30-21-25-32(50-2)26-22-30)54-46(38)47(37)33-11-3-7-15-39(33)51-40-16-8-4-12-34(40)47/h3-28H,1-2H3. The Labute approximate surface area is 311 Å². The van der Waals surface area contributed by atoms with Crippen molar-refractivity contribution in [2.75, 3.05) is 14.2 Å². The summed E-state index contributed by atoms with van der Waals surface area (Å²) in [7, 11) is 3.35. The maximum absolute atomic E-state index is 7.44. The second-order valence-electron chi connectivity index (χ2n) is 13.9. The number of furan rings is 2. The van der Waals surface area contributed by atoms with E-state index >= 15 is 0 Å². The average Bonchev–Trinajstić information content (AvgIpc) is 3.90. The Hall–Kier alpha value is -6.92. The number of ether oxygens (including phenoxy) is 4. The Morgan fingerprint density at radius 1 is 0.370 bits per heavy atom. The van der Waals surface area contributed by atoms with Crippen LogP contribution in [0.15, 0.2) is 167 Å². The molecule has 1 aliphatic carbocycles. The Morgan fingerprint density at radius 3 is 1.00 bits per heavy atom. The number of hydrogen-bond acceptors (Lipinski definition) is 6. The third-order valence-electron chi connectivity index (χ3n) is 11.3. The lowest BCUT2D eigenvalue weighted by Crippen LogP contribution is -2.46. The zero-order chi connectivity index (χ0) is 36.0. The van der Waals surface area contributed by atoms with Crippen LogP contribution >= 0.6 is 0 Å². The van der Waals surface area contributed by atoms with Gasteiger partial charge in [-0.2, -0.15) is 0 Å². The van der Waals surface area contributed by atoms with Crippen LogP contribution in [0.5, 0.6) is 34.5 Å². The molecule has 6 heteroatoms. The fourth-order valence-electron chi connectivity index (χ4n) is 8.99. The molecule has 0 saturated heterocycles. The first-order valence-electron chi connectivity index (χ1n) is 18.0. The first-order valence-corrected chi connectivity index (χ1v) is 18.0. The Morgan fingerprint density at radius 2 is 0.685 bits per heavy atom. The number of para-hydroxylation sites is 4. The van der Waals surface area contributed by atoms with Gasteiger partial charge in [-0.1, -0.05) is 72.8 Å². The van der Waals surface area contributed by atoms with Gasteiger partial charge in [0.15, 0.2) is 0 Å². The Bertz CT molecular complexity index is 2420. The van der Waals surface area contributed by atoms with Crippen molar-refractivity contribution in [2.24, 2.45) is 0 Å². The van der Waals surface area contributed by atoms with Crippen LogP contribution in [0, 0.1) is 0 Å². The SMILES string of the molecule is COc1ccc(-c2cc3c(o2)C2(c4ccccc4Oc4ccccc42)c2cc(-c4ccc(OC)cc4)oc2C32c3ccccc3Oc3ccccc32)cc1. The summed E-state index contributed by atoms with van der Waals surface area (Å²) in [6.07, 6.45) is 0. The molecule has 0 atom stereocenters. The molecule has 0 radical (unpaired) electrons. The van der Waals surface area contributed by atoms with Crippen molar-refractivity contribution in [2.45, 2.75) is 10.8 Å². The predicted molar refractivity (Wildman–Crippen MR) is 205 cm³/mol. The van der Waals surface area contributed by atoms with Gasteiger partial charge in [0.1, 0.15) is 68.4 Å². The monoisotopic (exact) mass is 704 g/mol. The average molecular weight is 705 g/mol. The summed E-state index contributed by atoms with van der Waals surface area (Å²) in [5.41, 5.74) is 5.70. The molecule has 260 valence electrons. The van der Waals surface area contributed by atoms with E-state index in [4.69, 9.17) is 27.8 Å². The largest absolute Gasteiger partial charge is 0.497 e. The fraction of sp³-hybridized carbons (Fsp3) is 0.0833. The molecular formula is C48H32O6. The van der Waals surface area contributed by atoms with Crippen molar-refractivity contribution in [3.63, 3.8) is 0 Å². The third-order valence-corrected chi connectivity index (χ3v) is 11.3. The maximum Gasteiger partial charge on any atom is 0.134 e. The van der Waals surface area contributed by atoms with Crippen LogP contribution in [0.1, 0.15) is 44.9 Å². The van der Waals surface area contributed by atoms with Crippen LogP contribution in [0.2, 0.25) is 0 Å². The summed E-state index contributed by atoms with van der Waals surface area (Å²) in [6.45, 7) is 0. The van der Waals surface area contributed by atoms with Crippen LogP contribution in [-0.2, 0) is 10.8 Å². The van der Waals surface area contributed by atoms with Crippen LogP contribution in [-0.4, -0.2) is 14.2 Å². The van der Waals surface area contributed by atoms with Gasteiger partial charge < -0.3 is 27.8 Å². The van der Waals surface area contributed by atoms with E-state index in [0.717, 1.165) is 102 Å². The van der Waals surface area contributed by atoms with Crippen LogP contribution in [0.4, 0.5) is 0 Å². The van der Waals surface area contributed by atoms with Crippen LogP contribution in [0.25, 0.3) is 22.6 Å². The second kappa shape index (κ2) is 11.3. The molecule has 0 fully saturated rings. The van der Waals surface area contributed by atoms with Gasteiger partial charge in [0.05, 0.1) is 14.2 Å². The molecule has 4 heterocycles. The van der Waals surface area contributed by atoms with Crippen molar-refractivity contribution in [1.29, 1.82) is 0 Å². The van der Waals surface area contributed by atoms with E-state index in [2.05, 4.69) is 60.7 Å². The van der Waals surface area contributed by atoms with Gasteiger partial charge in [0.2, 0.25) is 0 Å². The van der Waals surface area contributed by atoms with Crippen molar-refractivity contribution in [3.05, 3.63) is 203 Å². The summed E-state index contributed by atoms with van der Waals surface area (Å²) in [5.74, 6) is 7.60. The topological polar surface area (TPSA) is 63.2 Å². The van der Waals surface area contributed by atoms with E-state index in [-0.39, 0.29) is 0 Å². The minimum atomic E-state index is -0.970. The highest BCUT2D eigenvalue weighted by atomic mass is 16.5. The quantitative estimate of drug-likeness (QED) is 0.182. The minimum Gasteiger partial charge on any atom is -0.497 e. The van der Waals surface area contributed by atoms with E-state index in [1.807, 2.05) is 97.1 Å². The van der Waals surface area contributed by atoms with Crippen molar-refractivity contribution in [3.8, 4) is 57.1 Å². The molecule has 2 spiro atoms. The molecule has 2 aromatic heterocycles. The molecule has 2 aliphatic heterocycles. The van der Waals surface area contributed by atoms with E-state index in [9.17, 15) is 0 Å². The Balaban J connectivity index is 1.34. The molecule has 8 aromatic rings. The first-order chi connectivity index (χ1) is 26.6. The van der Waals surface area contributed by atoms with Gasteiger partial charge in [-0.25, -0.2) is 0 Å². The van der Waals surface area contributed by atoms with E-state index in [1.165, 1.54) is 0 Å². The molecule has 0 bridgehead atoms. The lowest BCUT2D eigenvalue weighted by atomic mass is 9.53. The normalized spacial score (nSPS) is 14.7. The molecule has 0 amide bonds. The highest BCUT2D eigenvalue weighted by Crippen LogP contribution is 2.68. The van der Waals surface area contributed by atoms with Gasteiger partial charge in [0, 0.05) is 44.5 Å². The molecule has 11 rings (SSSR count).